The minimum atomic E-state index is 0.117. The number of morpholine rings is 1. The van der Waals surface area contributed by atoms with Gasteiger partial charge in [-0.2, -0.15) is 0 Å². The molecule has 0 radical (unpaired) electrons. The lowest BCUT2D eigenvalue weighted by Gasteiger charge is -2.45. The molecule has 3 nitrogen and oxygen atoms in total. The van der Waals surface area contributed by atoms with Crippen LogP contribution in [0.1, 0.15) is 46.0 Å². The number of ether oxygens (including phenoxy) is 1. The van der Waals surface area contributed by atoms with E-state index in [1.807, 2.05) is 0 Å². The summed E-state index contributed by atoms with van der Waals surface area (Å²) in [5.41, 5.74) is 6.60. The molecular formula is C14H28N2O. The van der Waals surface area contributed by atoms with Crippen LogP contribution in [0.4, 0.5) is 0 Å². The normalized spacial score (nSPS) is 26.3. The molecule has 2 aliphatic rings. The van der Waals surface area contributed by atoms with Crippen molar-refractivity contribution >= 4 is 0 Å². The zero-order valence-corrected chi connectivity index (χ0v) is 11.5. The molecule has 3 heteroatoms. The van der Waals surface area contributed by atoms with Gasteiger partial charge in [-0.3, -0.25) is 4.90 Å². The van der Waals surface area contributed by atoms with Gasteiger partial charge < -0.3 is 10.5 Å². The Kier molecular flexibility index (Phi) is 4.45. The fourth-order valence-corrected chi connectivity index (χ4v) is 3.27. The van der Waals surface area contributed by atoms with Gasteiger partial charge in [0.15, 0.2) is 0 Å². The van der Waals surface area contributed by atoms with Crippen LogP contribution in [0.3, 0.4) is 0 Å². The van der Waals surface area contributed by atoms with E-state index in [4.69, 9.17) is 10.5 Å². The van der Waals surface area contributed by atoms with Crippen LogP contribution >= 0.6 is 0 Å². The summed E-state index contributed by atoms with van der Waals surface area (Å²) >= 11 is 0. The van der Waals surface area contributed by atoms with Gasteiger partial charge in [0.2, 0.25) is 0 Å². The largest absolute Gasteiger partial charge is 0.379 e. The number of nitrogens with two attached hydrogens (primary N) is 1. The molecule has 0 aromatic carbocycles. The first-order valence-corrected chi connectivity index (χ1v) is 7.19. The molecule has 0 aromatic heterocycles. The lowest BCUT2D eigenvalue weighted by molar-refractivity contribution is -0.0211. The Morgan fingerprint density at radius 2 is 1.82 bits per heavy atom. The monoisotopic (exact) mass is 240 g/mol. The highest BCUT2D eigenvalue weighted by Crippen LogP contribution is 2.32. The fraction of sp³-hybridized carbons (Fsp3) is 1.00. The molecule has 1 atom stereocenters. The summed E-state index contributed by atoms with van der Waals surface area (Å²) in [6.07, 6.45) is 6.81. The molecule has 2 N–H and O–H groups in total. The number of hydrogen-bond donors (Lipinski definition) is 1. The van der Waals surface area contributed by atoms with Gasteiger partial charge in [0.25, 0.3) is 0 Å². The number of hydrogen-bond acceptors (Lipinski definition) is 3. The van der Waals surface area contributed by atoms with Crippen molar-refractivity contribution in [3.8, 4) is 0 Å². The molecule has 1 aliphatic heterocycles. The van der Waals surface area contributed by atoms with Crippen molar-refractivity contribution < 1.29 is 4.74 Å². The van der Waals surface area contributed by atoms with Crippen molar-refractivity contribution in [1.29, 1.82) is 0 Å². The van der Waals surface area contributed by atoms with E-state index in [2.05, 4.69) is 18.7 Å². The molecular weight excluding hydrogens is 212 g/mol. The quantitative estimate of drug-likeness (QED) is 0.817. The van der Waals surface area contributed by atoms with Crippen LogP contribution in [-0.4, -0.2) is 42.8 Å². The van der Waals surface area contributed by atoms with Crippen LogP contribution in [0.25, 0.3) is 0 Å². The second-order valence-electron chi connectivity index (χ2n) is 6.25. The Morgan fingerprint density at radius 3 is 2.41 bits per heavy atom. The van der Waals surface area contributed by atoms with E-state index in [0.717, 1.165) is 32.2 Å². The molecule has 2 rings (SSSR count). The van der Waals surface area contributed by atoms with Crippen LogP contribution in [-0.2, 0) is 4.74 Å². The molecule has 100 valence electrons. The van der Waals surface area contributed by atoms with Crippen molar-refractivity contribution in [2.24, 2.45) is 11.7 Å². The first-order chi connectivity index (χ1) is 8.10. The zero-order chi connectivity index (χ0) is 12.3. The van der Waals surface area contributed by atoms with Crippen molar-refractivity contribution in [3.05, 3.63) is 0 Å². The predicted octanol–water partition coefficient (Wildman–Crippen LogP) is 2.00. The van der Waals surface area contributed by atoms with Gasteiger partial charge in [0, 0.05) is 24.7 Å². The topological polar surface area (TPSA) is 38.5 Å². The molecule has 0 aromatic rings. The summed E-state index contributed by atoms with van der Waals surface area (Å²) < 4.78 is 5.43. The van der Waals surface area contributed by atoms with E-state index >= 15 is 0 Å². The van der Waals surface area contributed by atoms with Crippen LogP contribution in [0, 0.1) is 5.92 Å². The van der Waals surface area contributed by atoms with E-state index in [1.54, 1.807) is 0 Å². The highest BCUT2D eigenvalue weighted by atomic mass is 16.5. The van der Waals surface area contributed by atoms with Crippen LogP contribution in [0.2, 0.25) is 0 Å². The number of rotatable bonds is 4. The third kappa shape index (κ3) is 3.21. The van der Waals surface area contributed by atoms with E-state index in [9.17, 15) is 0 Å². The van der Waals surface area contributed by atoms with Crippen LogP contribution in [0.5, 0.6) is 0 Å². The van der Waals surface area contributed by atoms with Gasteiger partial charge in [-0.05, 0) is 26.2 Å². The minimum absolute atomic E-state index is 0.117. The second kappa shape index (κ2) is 5.68. The van der Waals surface area contributed by atoms with Gasteiger partial charge in [-0.15, -0.1) is 0 Å². The lowest BCUT2D eigenvalue weighted by atomic mass is 9.85. The minimum Gasteiger partial charge on any atom is -0.379 e. The molecule has 1 saturated carbocycles. The second-order valence-corrected chi connectivity index (χ2v) is 6.25. The molecule has 0 amide bonds. The van der Waals surface area contributed by atoms with Crippen LogP contribution in [0.15, 0.2) is 0 Å². The summed E-state index contributed by atoms with van der Waals surface area (Å²) in [6.45, 7) is 8.39. The highest BCUT2D eigenvalue weighted by molar-refractivity contribution is 4.94. The van der Waals surface area contributed by atoms with Crippen LogP contribution < -0.4 is 5.73 Å². The molecule has 17 heavy (non-hydrogen) atoms. The van der Waals surface area contributed by atoms with E-state index in [-0.39, 0.29) is 5.54 Å². The zero-order valence-electron chi connectivity index (χ0n) is 11.5. The van der Waals surface area contributed by atoms with E-state index in [0.29, 0.717) is 6.04 Å². The molecule has 1 saturated heterocycles. The Labute approximate surface area is 106 Å². The third-order valence-corrected chi connectivity index (χ3v) is 4.80. The summed E-state index contributed by atoms with van der Waals surface area (Å²) in [5.74, 6) is 0.880. The highest BCUT2D eigenvalue weighted by Gasteiger charge is 2.35. The molecule has 2 fully saturated rings. The SMILES string of the molecule is CC(C)(C(N)CC1CCCC1)N1CCOCC1. The Hall–Kier alpha value is -0.120. The maximum Gasteiger partial charge on any atom is 0.0594 e. The smallest absolute Gasteiger partial charge is 0.0594 e. The van der Waals surface area contributed by atoms with Gasteiger partial charge >= 0.3 is 0 Å². The molecule has 0 bridgehead atoms. The summed E-state index contributed by atoms with van der Waals surface area (Å²) in [6, 6.07) is 0.295. The maximum atomic E-state index is 6.48. The summed E-state index contributed by atoms with van der Waals surface area (Å²) in [5, 5.41) is 0. The Morgan fingerprint density at radius 1 is 1.24 bits per heavy atom. The molecule has 1 heterocycles. The standard InChI is InChI=1S/C14H28N2O/c1-14(2,16-7-9-17-10-8-16)13(15)11-12-5-3-4-6-12/h12-13H,3-11,15H2,1-2H3. The molecule has 0 spiro atoms. The number of nitrogens with zero attached hydrogens (tertiary/aromatic N) is 1. The predicted molar refractivity (Wildman–Crippen MR) is 71.0 cm³/mol. The first-order valence-electron chi connectivity index (χ1n) is 7.19. The first kappa shape index (κ1) is 13.3. The maximum absolute atomic E-state index is 6.48. The van der Waals surface area contributed by atoms with Gasteiger partial charge in [-0.25, -0.2) is 0 Å². The molecule has 1 aliphatic carbocycles. The van der Waals surface area contributed by atoms with E-state index in [1.165, 1.54) is 32.1 Å². The van der Waals surface area contributed by atoms with Crippen molar-refractivity contribution in [1.82, 2.24) is 4.90 Å². The third-order valence-electron chi connectivity index (χ3n) is 4.80. The van der Waals surface area contributed by atoms with Gasteiger partial charge in [0.1, 0.15) is 0 Å². The fourth-order valence-electron chi connectivity index (χ4n) is 3.27. The van der Waals surface area contributed by atoms with Crippen molar-refractivity contribution in [2.75, 3.05) is 26.3 Å². The van der Waals surface area contributed by atoms with Crippen molar-refractivity contribution in [2.45, 2.75) is 57.5 Å². The summed E-state index contributed by atoms with van der Waals surface area (Å²) in [7, 11) is 0. The Balaban J connectivity index is 1.88. The van der Waals surface area contributed by atoms with Gasteiger partial charge in [0.05, 0.1) is 13.2 Å². The Bertz CT molecular complexity index is 230. The summed E-state index contributed by atoms with van der Waals surface area (Å²) in [4.78, 5) is 2.51. The van der Waals surface area contributed by atoms with E-state index < -0.39 is 0 Å². The van der Waals surface area contributed by atoms with Gasteiger partial charge in [-0.1, -0.05) is 25.7 Å². The molecule has 1 unspecified atom stereocenters. The average molecular weight is 240 g/mol. The lowest BCUT2D eigenvalue weighted by Crippen LogP contribution is -2.59. The van der Waals surface area contributed by atoms with Crippen molar-refractivity contribution in [3.63, 3.8) is 0 Å². The average Bonchev–Trinajstić information content (AvgIpc) is 2.83.